The number of halogens is 6. The van der Waals surface area contributed by atoms with Crippen molar-refractivity contribution in [2.45, 2.75) is 47.5 Å². The Balaban J connectivity index is 0.000000148. The molecule has 16 aromatic rings. The summed E-state index contributed by atoms with van der Waals surface area (Å²) in [6.07, 6.45) is 2.01. The molecule has 0 saturated carbocycles. The number of aryl methyl sites for hydroxylation is 5. The van der Waals surface area contributed by atoms with Crippen LogP contribution in [0, 0.1) is 27.7 Å². The number of amides is 5. The molecule has 10 N–H and O–H groups in total. The number of aromatic carboxylic acids is 5. The molecule has 0 radical (unpaired) electrons. The van der Waals surface area contributed by atoms with E-state index in [1.165, 1.54) is 62.2 Å². The summed E-state index contributed by atoms with van der Waals surface area (Å²) in [5.41, 5.74) is 12.8. The zero-order valence-corrected chi connectivity index (χ0v) is 80.4. The Kier molecular flexibility index (Phi) is 33.4. The molecule has 16 rings (SSSR count). The van der Waals surface area contributed by atoms with Crippen LogP contribution in [0.1, 0.15) is 145 Å². The molecule has 32 heteroatoms. The van der Waals surface area contributed by atoms with E-state index in [1.807, 2.05) is 154 Å². The molecule has 0 spiro atoms. The smallest absolute Gasteiger partial charge is 0.339 e. The van der Waals surface area contributed by atoms with Crippen LogP contribution in [0.15, 0.2) is 272 Å². The van der Waals surface area contributed by atoms with Crippen molar-refractivity contribution < 1.29 is 73.5 Å². The summed E-state index contributed by atoms with van der Waals surface area (Å²) < 4.78 is 2.94. The van der Waals surface area contributed by atoms with Crippen molar-refractivity contribution in [2.24, 2.45) is 0 Å². The quantitative estimate of drug-likeness (QED) is 0.0301. The molecule has 0 aliphatic heterocycles. The van der Waals surface area contributed by atoms with Crippen LogP contribution in [0.2, 0.25) is 20.1 Å². The Morgan fingerprint density at radius 2 is 0.618 bits per heavy atom. The van der Waals surface area contributed by atoms with Crippen LogP contribution in [0.25, 0.3) is 62.3 Å². The van der Waals surface area contributed by atoms with E-state index in [2.05, 4.69) is 65.4 Å². The molecule has 0 fully saturated rings. The van der Waals surface area contributed by atoms with Gasteiger partial charge in [0, 0.05) is 89.5 Å². The van der Waals surface area contributed by atoms with Crippen LogP contribution in [0.5, 0.6) is 0 Å². The van der Waals surface area contributed by atoms with Crippen molar-refractivity contribution in [1.82, 2.24) is 0 Å². The molecular weight excluding hydrogens is 1990 g/mol. The molecule has 0 unspecified atom stereocenters. The minimum Gasteiger partial charge on any atom is -0.478 e. The molecule has 662 valence electrons. The topological polar surface area (TPSA) is 332 Å². The predicted molar refractivity (Wildman–Crippen MR) is 539 cm³/mol. The predicted octanol–water partition coefficient (Wildman–Crippen LogP) is 29.4. The third kappa shape index (κ3) is 25.0. The molecule has 0 aliphatic rings. The first-order valence-corrected chi connectivity index (χ1v) is 47.6. The van der Waals surface area contributed by atoms with Gasteiger partial charge in [-0.05, 0) is 188 Å². The number of anilines is 5. The fraction of sp³-hybridized carbons (Fsp3) is 0.0707. The summed E-state index contributed by atoms with van der Waals surface area (Å²) in [6, 6.07) is 68.3. The van der Waals surface area contributed by atoms with E-state index >= 15 is 0 Å². The summed E-state index contributed by atoms with van der Waals surface area (Å²) in [5, 5.41) is 74.7. The molecule has 20 nitrogen and oxygen atoms in total. The number of carboxylic acid groups (broad SMARTS) is 5. The third-order valence-corrected chi connectivity index (χ3v) is 27.6. The van der Waals surface area contributed by atoms with Gasteiger partial charge in [0.25, 0.3) is 29.5 Å². The lowest BCUT2D eigenvalue weighted by atomic mass is 10.1. The highest BCUT2D eigenvalue weighted by atomic mass is 79.9. The Hall–Kier alpha value is -12.5. The van der Waals surface area contributed by atoms with Gasteiger partial charge in [-0.1, -0.05) is 223 Å². The number of hydrogen-bond donors (Lipinski definition) is 10. The zero-order valence-electron chi connectivity index (χ0n) is 69.4. The van der Waals surface area contributed by atoms with Crippen molar-refractivity contribution in [1.29, 1.82) is 0 Å². The van der Waals surface area contributed by atoms with Crippen LogP contribution < -0.4 is 26.6 Å². The Morgan fingerprint density at radius 1 is 0.313 bits per heavy atom. The molecular formula is C99H73Br2Cl4N5O15S6. The van der Waals surface area contributed by atoms with Crippen LogP contribution in [-0.2, 0) is 6.42 Å². The second-order valence-corrected chi connectivity index (χ2v) is 37.8. The number of thiophene rings is 6. The molecule has 0 atom stereocenters. The van der Waals surface area contributed by atoms with Crippen LogP contribution in [0.4, 0.5) is 28.4 Å². The molecule has 5 amide bonds. The maximum atomic E-state index is 12.6. The maximum Gasteiger partial charge on any atom is 0.339 e. The Labute approximate surface area is 811 Å². The van der Waals surface area contributed by atoms with E-state index in [1.54, 1.807) is 147 Å². The zero-order chi connectivity index (χ0) is 94.0. The van der Waals surface area contributed by atoms with Crippen molar-refractivity contribution in [2.75, 3.05) is 26.6 Å². The van der Waals surface area contributed by atoms with Gasteiger partial charge in [-0.3, -0.25) is 24.0 Å². The number of benzene rings is 10. The number of fused-ring (bicyclic) bond motifs is 1. The number of rotatable bonds is 22. The highest BCUT2D eigenvalue weighted by molar-refractivity contribution is 9.10. The van der Waals surface area contributed by atoms with E-state index in [9.17, 15) is 73.5 Å². The molecule has 6 heterocycles. The van der Waals surface area contributed by atoms with Crippen molar-refractivity contribution in [3.05, 3.63) is 375 Å². The molecule has 0 saturated heterocycles. The second-order valence-electron chi connectivity index (χ2n) is 28.9. The number of nitrogens with one attached hydrogen (secondary N) is 5. The summed E-state index contributed by atoms with van der Waals surface area (Å²) in [4.78, 5) is 124. The SMILES string of the molecule is CCCc1ccc(C(=O)Nc2csc(-c3ccc(Br)cc3)c2C(=O)O)cc1.Cc1ccc(-c2scc(NC(=O)c3ccc4sccc4c3)c2C(=O)O)cc1.Cc1cccc(C(=O)Nc2csc(-c3ccc(Br)cc3)c2C(=O)O)c1.Cc1cccc(C(=O)Nc2csc(-c3ccc(Cl)cc3Cl)c2C(=O)O)c1.Cc1cccc(C(=O)Nc2csc(-c3ccc(Cl)cc3Cl)c2C(=O)O)c1. The first kappa shape index (κ1) is 97.5. The lowest BCUT2D eigenvalue weighted by Gasteiger charge is -2.08. The van der Waals surface area contributed by atoms with Crippen LogP contribution in [0.3, 0.4) is 0 Å². The van der Waals surface area contributed by atoms with Gasteiger partial charge in [0.15, 0.2) is 0 Å². The van der Waals surface area contributed by atoms with Crippen LogP contribution >= 0.6 is 146 Å². The van der Waals surface area contributed by atoms with Crippen molar-refractivity contribution in [3.63, 3.8) is 0 Å². The minimum absolute atomic E-state index is 0.000209. The first-order valence-electron chi connectivity index (χ1n) is 39.3. The minimum atomic E-state index is -1.15. The molecule has 10 aromatic carbocycles. The van der Waals surface area contributed by atoms with Gasteiger partial charge in [0.1, 0.15) is 27.8 Å². The van der Waals surface area contributed by atoms with Crippen molar-refractivity contribution in [3.8, 4) is 52.2 Å². The number of carbonyl (C=O) groups is 10. The fourth-order valence-corrected chi connectivity index (χ4v) is 20.6. The van der Waals surface area contributed by atoms with Crippen LogP contribution in [-0.4, -0.2) is 84.9 Å². The summed E-state index contributed by atoms with van der Waals surface area (Å²) in [6.45, 7) is 9.74. The van der Waals surface area contributed by atoms with E-state index in [-0.39, 0.29) is 68.7 Å². The molecule has 0 aliphatic carbocycles. The summed E-state index contributed by atoms with van der Waals surface area (Å²) >= 11 is 38.9. The normalized spacial score (nSPS) is 10.6. The monoisotopic (exact) mass is 2060 g/mol. The number of carbonyl (C=O) groups excluding carboxylic acids is 5. The number of carboxylic acids is 5. The summed E-state index contributed by atoms with van der Waals surface area (Å²) in [7, 11) is 0. The highest BCUT2D eigenvalue weighted by Crippen LogP contribution is 2.45. The molecule has 0 bridgehead atoms. The van der Waals surface area contributed by atoms with Gasteiger partial charge in [-0.15, -0.1) is 68.0 Å². The molecule has 131 heavy (non-hydrogen) atoms. The Bertz CT molecular complexity index is 6870. The standard InChI is InChI=1S/C21H18BrNO3S.C21H15NO3S2.C19H14BrNO3S.2C19H13Cl2NO3S/c1-2-3-13-4-6-15(7-5-13)20(24)23-17-12-27-19(18(17)21(25)26)14-8-10-16(22)11-9-14;1-12-2-4-13(5-3-12)19-18(21(24)25)16(11-27-19)22-20(23)15-6-7-17-14(10-15)8-9-26-17;1-11-3-2-4-13(9-11)18(22)21-15-10-25-17(16(15)19(23)24)12-5-7-14(20)8-6-12;2*1-10-3-2-4-11(7-10)18(23)22-15-9-26-17(16(15)19(24)25)13-6-5-12(20)8-14(13)21/h4-12H,2-3H2,1H3,(H,23,24)(H,25,26);2-11H,1H3,(H,22,23)(H,24,25);2-10H,1H3,(H,21,22)(H,23,24);2*2-9H,1H3,(H,22,23)(H,24,25). The lowest BCUT2D eigenvalue weighted by Crippen LogP contribution is -2.14. The fourth-order valence-electron chi connectivity index (χ4n) is 13.2. The van der Waals surface area contributed by atoms with E-state index in [0.717, 1.165) is 70.8 Å². The van der Waals surface area contributed by atoms with Gasteiger partial charge in [0.2, 0.25) is 0 Å². The van der Waals surface area contributed by atoms with E-state index in [4.69, 9.17) is 46.4 Å². The first-order chi connectivity index (χ1) is 62.7. The maximum absolute atomic E-state index is 12.6. The average molecular weight is 2070 g/mol. The van der Waals surface area contributed by atoms with Gasteiger partial charge >= 0.3 is 29.8 Å². The highest BCUT2D eigenvalue weighted by Gasteiger charge is 2.29. The van der Waals surface area contributed by atoms with E-state index < -0.39 is 29.8 Å². The van der Waals surface area contributed by atoms with Gasteiger partial charge in [-0.25, -0.2) is 24.0 Å². The second kappa shape index (κ2) is 44.9. The lowest BCUT2D eigenvalue weighted by molar-refractivity contribution is 0.0688. The van der Waals surface area contributed by atoms with Gasteiger partial charge in [-0.2, -0.15) is 0 Å². The average Bonchev–Trinajstić information content (AvgIpc) is 1.61. The third-order valence-electron chi connectivity index (χ3n) is 19.5. The number of hydrogen-bond acceptors (Lipinski definition) is 16. The largest absolute Gasteiger partial charge is 0.478 e. The van der Waals surface area contributed by atoms with Gasteiger partial charge in [0.05, 0.1) is 62.9 Å². The Morgan fingerprint density at radius 3 is 0.939 bits per heavy atom. The van der Waals surface area contributed by atoms with E-state index in [0.29, 0.717) is 100 Å². The summed E-state index contributed by atoms with van der Waals surface area (Å²) in [5.74, 6) is -7.20. The van der Waals surface area contributed by atoms with Gasteiger partial charge < -0.3 is 52.1 Å². The molecule has 6 aromatic heterocycles. The van der Waals surface area contributed by atoms with Crippen molar-refractivity contribution >= 4 is 244 Å².